The summed E-state index contributed by atoms with van der Waals surface area (Å²) in [4.78, 5) is 12.1. The van der Waals surface area contributed by atoms with Gasteiger partial charge in [0.15, 0.2) is 0 Å². The summed E-state index contributed by atoms with van der Waals surface area (Å²) in [6, 6.07) is 5.55. The first-order valence-corrected chi connectivity index (χ1v) is 6.80. The van der Waals surface area contributed by atoms with Gasteiger partial charge in [0.05, 0.1) is 6.61 Å². The minimum atomic E-state index is -0.756. The van der Waals surface area contributed by atoms with Gasteiger partial charge in [-0.25, -0.2) is 4.79 Å². The van der Waals surface area contributed by atoms with Crippen molar-refractivity contribution in [3.05, 3.63) is 34.2 Å². The molecule has 114 valence electrons. The average molecular weight is 292 g/mol. The maximum atomic E-state index is 12.1. The number of tetrazole rings is 1. The number of benzene rings is 1. The molecule has 0 saturated heterocycles. The van der Waals surface area contributed by atoms with Crippen molar-refractivity contribution in [3.63, 3.8) is 0 Å². The minimum absolute atomic E-state index is 0.142. The summed E-state index contributed by atoms with van der Waals surface area (Å²) >= 11 is 0. The fraction of sp³-hybridized carbons (Fsp3) is 0.500. The van der Waals surface area contributed by atoms with E-state index in [1.54, 1.807) is 19.9 Å². The molecule has 1 aromatic carbocycles. The normalized spacial score (nSPS) is 11.7. The predicted octanol–water partition coefficient (Wildman–Crippen LogP) is 0.678. The van der Waals surface area contributed by atoms with E-state index in [9.17, 15) is 9.90 Å². The Morgan fingerprint density at radius 2 is 2.05 bits per heavy atom. The first-order chi connectivity index (χ1) is 9.88. The molecule has 0 spiro atoms. The number of aliphatic hydroxyl groups excluding tert-OH is 1. The molecule has 0 bridgehead atoms. The van der Waals surface area contributed by atoms with Gasteiger partial charge in [0.25, 0.3) is 0 Å². The van der Waals surface area contributed by atoms with E-state index in [2.05, 4.69) is 10.4 Å². The number of hydrogen-bond donors (Lipinski definition) is 1. The third kappa shape index (κ3) is 3.13. The Balaban J connectivity index is 2.56. The maximum Gasteiger partial charge on any atom is 0.368 e. The van der Waals surface area contributed by atoms with Gasteiger partial charge in [0.2, 0.25) is 0 Å². The Labute approximate surface area is 122 Å². The van der Waals surface area contributed by atoms with Gasteiger partial charge in [0, 0.05) is 7.05 Å². The van der Waals surface area contributed by atoms with Crippen LogP contribution in [0.15, 0.2) is 23.0 Å². The van der Waals surface area contributed by atoms with Crippen molar-refractivity contribution in [1.82, 2.24) is 19.8 Å². The number of aryl methyl sites for hydroxylation is 2. The van der Waals surface area contributed by atoms with Crippen LogP contribution in [0.3, 0.4) is 0 Å². The maximum absolute atomic E-state index is 12.1. The molecule has 0 fully saturated rings. The molecule has 0 amide bonds. The molecule has 0 aliphatic heterocycles. The fourth-order valence-electron chi connectivity index (χ4n) is 1.83. The van der Waals surface area contributed by atoms with Crippen LogP contribution in [-0.4, -0.2) is 37.1 Å². The van der Waals surface area contributed by atoms with Gasteiger partial charge in [-0.05, 0) is 48.4 Å². The minimum Gasteiger partial charge on any atom is -0.483 e. The molecule has 1 N–H and O–H groups in total. The second kappa shape index (κ2) is 5.69. The van der Waals surface area contributed by atoms with Crippen LogP contribution in [0.1, 0.15) is 26.3 Å². The second-order valence-electron chi connectivity index (χ2n) is 5.47. The van der Waals surface area contributed by atoms with Crippen molar-refractivity contribution >= 4 is 0 Å². The van der Waals surface area contributed by atoms with E-state index in [4.69, 9.17) is 4.74 Å². The van der Waals surface area contributed by atoms with Crippen molar-refractivity contribution in [2.75, 3.05) is 6.61 Å². The zero-order valence-corrected chi connectivity index (χ0v) is 12.7. The van der Waals surface area contributed by atoms with E-state index in [0.717, 1.165) is 16.7 Å². The molecule has 7 heteroatoms. The third-order valence-corrected chi connectivity index (χ3v) is 3.15. The van der Waals surface area contributed by atoms with Crippen molar-refractivity contribution in [2.45, 2.75) is 32.8 Å². The Morgan fingerprint density at radius 1 is 1.33 bits per heavy atom. The van der Waals surface area contributed by atoms with Gasteiger partial charge >= 0.3 is 5.69 Å². The van der Waals surface area contributed by atoms with Crippen molar-refractivity contribution in [3.8, 4) is 11.4 Å². The zero-order chi connectivity index (χ0) is 15.6. The molecule has 0 saturated carbocycles. The molecule has 1 heterocycles. The number of rotatable bonds is 5. The molecule has 21 heavy (non-hydrogen) atoms. The summed E-state index contributed by atoms with van der Waals surface area (Å²) in [6.07, 6.45) is 0.825. The molecule has 0 aliphatic rings. The van der Waals surface area contributed by atoms with Crippen LogP contribution in [-0.2, 0) is 13.5 Å². The summed E-state index contributed by atoms with van der Waals surface area (Å²) in [7, 11) is 1.54. The lowest BCUT2D eigenvalue weighted by Gasteiger charge is -2.25. The molecule has 2 rings (SSSR count). The van der Waals surface area contributed by atoms with Crippen molar-refractivity contribution in [1.29, 1.82) is 0 Å². The summed E-state index contributed by atoms with van der Waals surface area (Å²) < 4.78 is 8.16. The second-order valence-corrected chi connectivity index (χ2v) is 5.47. The van der Waals surface area contributed by atoms with Gasteiger partial charge < -0.3 is 9.84 Å². The first kappa shape index (κ1) is 15.2. The highest BCUT2D eigenvalue weighted by Gasteiger charge is 2.22. The van der Waals surface area contributed by atoms with Crippen molar-refractivity contribution < 1.29 is 9.84 Å². The quantitative estimate of drug-likeness (QED) is 0.876. The SMILES string of the molecule is CCc1ccc(OC(C)(C)CO)c(-n2nnn(C)c2=O)c1. The Kier molecular flexibility index (Phi) is 4.13. The summed E-state index contributed by atoms with van der Waals surface area (Å²) in [5, 5.41) is 16.9. The smallest absolute Gasteiger partial charge is 0.368 e. The van der Waals surface area contributed by atoms with Crippen LogP contribution in [0.25, 0.3) is 5.69 Å². The zero-order valence-electron chi connectivity index (χ0n) is 12.7. The molecule has 2 aromatic rings. The Morgan fingerprint density at radius 3 is 2.57 bits per heavy atom. The van der Waals surface area contributed by atoms with Crippen LogP contribution in [0, 0.1) is 0 Å². The highest BCUT2D eigenvalue weighted by atomic mass is 16.5. The number of aromatic nitrogens is 4. The molecule has 0 aliphatic carbocycles. The van der Waals surface area contributed by atoms with Crippen LogP contribution in [0.4, 0.5) is 0 Å². The van der Waals surface area contributed by atoms with Gasteiger partial charge in [-0.1, -0.05) is 13.0 Å². The lowest BCUT2D eigenvalue weighted by Crippen LogP contribution is -2.33. The Hall–Kier alpha value is -2.15. The molecule has 0 atom stereocenters. The van der Waals surface area contributed by atoms with Gasteiger partial charge in [-0.2, -0.15) is 9.36 Å². The highest BCUT2D eigenvalue weighted by Crippen LogP contribution is 2.26. The number of nitrogens with zero attached hydrogens (tertiary/aromatic N) is 4. The van der Waals surface area contributed by atoms with E-state index >= 15 is 0 Å². The largest absolute Gasteiger partial charge is 0.483 e. The standard InChI is InChI=1S/C14H20N4O3/c1-5-10-6-7-12(21-14(2,3)9-19)11(8-10)18-13(20)17(4)15-16-18/h6-8,19H,5,9H2,1-4H3. The third-order valence-electron chi connectivity index (χ3n) is 3.15. The predicted molar refractivity (Wildman–Crippen MR) is 77.8 cm³/mol. The van der Waals surface area contributed by atoms with E-state index in [1.807, 2.05) is 19.1 Å². The van der Waals surface area contributed by atoms with E-state index in [0.29, 0.717) is 11.4 Å². The fourth-order valence-corrected chi connectivity index (χ4v) is 1.83. The number of aliphatic hydroxyl groups is 1. The van der Waals surface area contributed by atoms with Crippen LogP contribution >= 0.6 is 0 Å². The molecule has 7 nitrogen and oxygen atoms in total. The van der Waals surface area contributed by atoms with E-state index in [-0.39, 0.29) is 12.3 Å². The van der Waals surface area contributed by atoms with Crippen LogP contribution in [0.5, 0.6) is 5.75 Å². The van der Waals surface area contributed by atoms with Gasteiger partial charge in [-0.3, -0.25) is 0 Å². The summed E-state index contributed by atoms with van der Waals surface area (Å²) in [5.41, 5.74) is 0.467. The first-order valence-electron chi connectivity index (χ1n) is 6.80. The highest BCUT2D eigenvalue weighted by molar-refractivity contribution is 5.48. The van der Waals surface area contributed by atoms with Crippen LogP contribution < -0.4 is 10.4 Å². The molecule has 0 unspecified atom stereocenters. The van der Waals surface area contributed by atoms with Gasteiger partial charge in [-0.15, -0.1) is 0 Å². The van der Waals surface area contributed by atoms with Gasteiger partial charge in [0.1, 0.15) is 17.0 Å². The van der Waals surface area contributed by atoms with Crippen LogP contribution in [0.2, 0.25) is 0 Å². The van der Waals surface area contributed by atoms with E-state index in [1.165, 1.54) is 11.7 Å². The summed E-state index contributed by atoms with van der Waals surface area (Å²) in [5.74, 6) is 0.480. The molecular weight excluding hydrogens is 272 g/mol. The lowest BCUT2D eigenvalue weighted by molar-refractivity contribution is 0.0410. The lowest BCUT2D eigenvalue weighted by atomic mass is 10.1. The number of hydrogen-bond acceptors (Lipinski definition) is 5. The molecular formula is C14H20N4O3. The monoisotopic (exact) mass is 292 g/mol. The Bertz CT molecular complexity index is 688. The summed E-state index contributed by atoms with van der Waals surface area (Å²) in [6.45, 7) is 5.42. The van der Waals surface area contributed by atoms with E-state index < -0.39 is 5.60 Å². The number of ether oxygens (including phenoxy) is 1. The topological polar surface area (TPSA) is 82.2 Å². The van der Waals surface area contributed by atoms with Crippen molar-refractivity contribution in [2.24, 2.45) is 7.05 Å². The molecule has 1 aromatic heterocycles. The average Bonchev–Trinajstić information content (AvgIpc) is 2.79. The molecule has 0 radical (unpaired) electrons.